The van der Waals surface area contributed by atoms with Crippen LogP contribution in [0.2, 0.25) is 0 Å². The van der Waals surface area contributed by atoms with Gasteiger partial charge < -0.3 is 20.2 Å². The van der Waals surface area contributed by atoms with Crippen molar-refractivity contribution in [3.8, 4) is 5.75 Å². The Morgan fingerprint density at radius 3 is 2.53 bits per heavy atom. The highest BCUT2D eigenvalue weighted by molar-refractivity contribution is 6.04. The van der Waals surface area contributed by atoms with Gasteiger partial charge in [-0.15, -0.1) is 0 Å². The summed E-state index contributed by atoms with van der Waals surface area (Å²) in [5.41, 5.74) is 2.55. The topological polar surface area (TPSA) is 89.0 Å². The highest BCUT2D eigenvalue weighted by Crippen LogP contribution is 2.21. The first-order chi connectivity index (χ1) is 14.6. The fourth-order valence-corrected chi connectivity index (χ4v) is 3.33. The second kappa shape index (κ2) is 8.98. The van der Waals surface area contributed by atoms with E-state index in [-0.39, 0.29) is 17.9 Å². The van der Waals surface area contributed by atoms with E-state index in [1.807, 2.05) is 54.6 Å². The van der Waals surface area contributed by atoms with Gasteiger partial charge in [-0.25, -0.2) is 0 Å². The van der Waals surface area contributed by atoms with Crippen molar-refractivity contribution in [2.45, 2.75) is 43.9 Å². The van der Waals surface area contributed by atoms with Gasteiger partial charge in [-0.3, -0.25) is 9.59 Å². The molecule has 0 radical (unpaired) electrons. The molecular weight excluding hydrogens is 382 g/mol. The number of nitrogens with zero attached hydrogens (tertiary/aromatic N) is 1. The Kier molecular flexibility index (Phi) is 5.97. The lowest BCUT2D eigenvalue weighted by molar-refractivity contribution is -0.135. The summed E-state index contributed by atoms with van der Waals surface area (Å²) in [6.07, 6.45) is 1.99. The summed E-state index contributed by atoms with van der Waals surface area (Å²) in [5, 5.41) is 9.91. The van der Waals surface area contributed by atoms with Crippen LogP contribution in [0.25, 0.3) is 0 Å². The first kappa shape index (κ1) is 19.9. The molecule has 2 atom stereocenters. The summed E-state index contributed by atoms with van der Waals surface area (Å²) in [4.78, 5) is 30.9. The van der Waals surface area contributed by atoms with Gasteiger partial charge >= 0.3 is 0 Å². The monoisotopic (exact) mass is 407 g/mol. The predicted molar refractivity (Wildman–Crippen MR) is 112 cm³/mol. The molecule has 0 saturated heterocycles. The Hall–Kier alpha value is -3.35. The molecule has 2 N–H and O–H groups in total. The van der Waals surface area contributed by atoms with Crippen LogP contribution in [-0.4, -0.2) is 42.8 Å². The van der Waals surface area contributed by atoms with Crippen LogP contribution < -0.4 is 15.4 Å². The van der Waals surface area contributed by atoms with E-state index >= 15 is 0 Å². The van der Waals surface area contributed by atoms with Crippen LogP contribution in [0.15, 0.2) is 59.8 Å². The average Bonchev–Trinajstić information content (AvgIpc) is 3.45. The van der Waals surface area contributed by atoms with Gasteiger partial charge in [0.15, 0.2) is 0 Å². The number of benzene rings is 2. The van der Waals surface area contributed by atoms with Crippen molar-refractivity contribution in [2.75, 3.05) is 7.11 Å². The maximum absolute atomic E-state index is 12.8. The molecule has 4 rings (SSSR count). The van der Waals surface area contributed by atoms with E-state index in [1.165, 1.54) is 0 Å². The first-order valence-corrected chi connectivity index (χ1v) is 10.1. The zero-order valence-corrected chi connectivity index (χ0v) is 16.8. The fraction of sp³-hybridized carbons (Fsp3) is 0.348. The van der Waals surface area contributed by atoms with E-state index in [1.54, 1.807) is 7.11 Å². The molecular formula is C23H25N3O4. The van der Waals surface area contributed by atoms with Crippen molar-refractivity contribution in [2.24, 2.45) is 5.16 Å². The van der Waals surface area contributed by atoms with E-state index in [4.69, 9.17) is 9.57 Å². The molecule has 1 saturated carbocycles. The van der Waals surface area contributed by atoms with Crippen LogP contribution in [0.5, 0.6) is 5.75 Å². The van der Waals surface area contributed by atoms with Crippen LogP contribution >= 0.6 is 0 Å². The largest absolute Gasteiger partial charge is 0.497 e. The number of hydrogen-bond acceptors (Lipinski definition) is 5. The zero-order valence-electron chi connectivity index (χ0n) is 16.8. The van der Waals surface area contributed by atoms with Gasteiger partial charge in [0.2, 0.25) is 12.0 Å². The Morgan fingerprint density at radius 1 is 1.13 bits per heavy atom. The third-order valence-corrected chi connectivity index (χ3v) is 5.22. The summed E-state index contributed by atoms with van der Waals surface area (Å²) in [7, 11) is 1.61. The number of rotatable bonds is 8. The fourth-order valence-electron chi connectivity index (χ4n) is 3.33. The quantitative estimate of drug-likeness (QED) is 0.702. The SMILES string of the molecule is COc1ccc(C2=NOC(C(=O)NC(Cc3ccccc3)C(=O)NC3CC3)C2)cc1. The zero-order chi connectivity index (χ0) is 20.9. The number of carbonyl (C=O) groups excluding carboxylic acids is 2. The molecule has 1 fully saturated rings. The molecule has 1 aliphatic carbocycles. The Labute approximate surface area is 175 Å². The maximum atomic E-state index is 12.8. The summed E-state index contributed by atoms with van der Waals surface area (Å²) in [6.45, 7) is 0. The molecule has 156 valence electrons. The molecule has 7 nitrogen and oxygen atoms in total. The molecule has 1 heterocycles. The van der Waals surface area contributed by atoms with Crippen LogP contribution in [-0.2, 0) is 20.8 Å². The lowest BCUT2D eigenvalue weighted by Crippen LogP contribution is -2.51. The molecule has 2 amide bonds. The molecule has 7 heteroatoms. The average molecular weight is 407 g/mol. The van der Waals surface area contributed by atoms with Gasteiger partial charge in [-0.05, 0) is 48.2 Å². The van der Waals surface area contributed by atoms with Gasteiger partial charge in [0, 0.05) is 18.9 Å². The lowest BCUT2D eigenvalue weighted by Gasteiger charge is -2.20. The summed E-state index contributed by atoms with van der Waals surface area (Å²) >= 11 is 0. The number of hydrogen-bond donors (Lipinski definition) is 2. The summed E-state index contributed by atoms with van der Waals surface area (Å²) < 4.78 is 5.16. The normalized spacial score (nSPS) is 18.7. The molecule has 2 aliphatic rings. The van der Waals surface area contributed by atoms with E-state index in [0.29, 0.717) is 18.6 Å². The summed E-state index contributed by atoms with van der Waals surface area (Å²) in [5.74, 6) is 0.246. The number of methoxy groups -OCH3 is 1. The van der Waals surface area contributed by atoms with E-state index in [0.717, 1.165) is 29.7 Å². The number of ether oxygens (including phenoxy) is 1. The van der Waals surface area contributed by atoms with Gasteiger partial charge in [-0.2, -0.15) is 0 Å². The van der Waals surface area contributed by atoms with Crippen molar-refractivity contribution in [3.05, 3.63) is 65.7 Å². The Morgan fingerprint density at radius 2 is 1.87 bits per heavy atom. The van der Waals surface area contributed by atoms with Crippen molar-refractivity contribution >= 4 is 17.5 Å². The number of amides is 2. The van der Waals surface area contributed by atoms with Crippen LogP contribution in [0, 0.1) is 0 Å². The van der Waals surface area contributed by atoms with Gasteiger partial charge in [0.1, 0.15) is 11.8 Å². The third kappa shape index (κ3) is 4.97. The molecule has 0 aromatic heterocycles. The molecule has 2 unspecified atom stereocenters. The summed E-state index contributed by atoms with van der Waals surface area (Å²) in [6, 6.07) is 16.6. The van der Waals surface area contributed by atoms with Crippen molar-refractivity contribution in [1.29, 1.82) is 0 Å². The van der Waals surface area contributed by atoms with Crippen LogP contribution in [0.3, 0.4) is 0 Å². The van der Waals surface area contributed by atoms with E-state index in [2.05, 4.69) is 15.8 Å². The maximum Gasteiger partial charge on any atom is 0.265 e. The molecule has 2 aromatic carbocycles. The molecule has 30 heavy (non-hydrogen) atoms. The standard InChI is InChI=1S/C23H25N3O4/c1-29-18-11-7-16(8-12-18)19-14-21(30-26-19)23(28)25-20(22(27)24-17-9-10-17)13-15-5-3-2-4-6-15/h2-8,11-12,17,20-21H,9-10,13-14H2,1H3,(H,24,27)(H,25,28). The van der Waals surface area contributed by atoms with Gasteiger partial charge in [0.05, 0.1) is 12.8 Å². The smallest absolute Gasteiger partial charge is 0.265 e. The number of oxime groups is 1. The van der Waals surface area contributed by atoms with Crippen LogP contribution in [0.1, 0.15) is 30.4 Å². The third-order valence-electron chi connectivity index (χ3n) is 5.22. The lowest BCUT2D eigenvalue weighted by atomic mass is 10.0. The minimum Gasteiger partial charge on any atom is -0.497 e. The number of nitrogens with one attached hydrogen (secondary N) is 2. The van der Waals surface area contributed by atoms with Gasteiger partial charge in [-0.1, -0.05) is 35.5 Å². The Balaban J connectivity index is 1.38. The second-order valence-corrected chi connectivity index (χ2v) is 7.60. The first-order valence-electron chi connectivity index (χ1n) is 10.1. The molecule has 0 bridgehead atoms. The second-order valence-electron chi connectivity index (χ2n) is 7.60. The van der Waals surface area contributed by atoms with Gasteiger partial charge in [0.25, 0.3) is 5.91 Å². The number of carbonyl (C=O) groups is 2. The van der Waals surface area contributed by atoms with E-state index in [9.17, 15) is 9.59 Å². The molecule has 2 aromatic rings. The van der Waals surface area contributed by atoms with Crippen LogP contribution in [0.4, 0.5) is 0 Å². The van der Waals surface area contributed by atoms with Crippen molar-refractivity contribution in [3.63, 3.8) is 0 Å². The molecule has 1 aliphatic heterocycles. The minimum absolute atomic E-state index is 0.163. The highest BCUT2D eigenvalue weighted by Gasteiger charge is 2.33. The highest BCUT2D eigenvalue weighted by atomic mass is 16.6. The van der Waals surface area contributed by atoms with E-state index < -0.39 is 12.1 Å². The van der Waals surface area contributed by atoms with Crippen molar-refractivity contribution < 1.29 is 19.2 Å². The predicted octanol–water partition coefficient (Wildman–Crippen LogP) is 2.19. The minimum atomic E-state index is -0.755. The Bertz CT molecular complexity index is 923. The van der Waals surface area contributed by atoms with Crippen molar-refractivity contribution in [1.82, 2.24) is 10.6 Å². The molecule has 0 spiro atoms.